The maximum Gasteiger partial charge on any atom is 0.141 e. The lowest BCUT2D eigenvalue weighted by Gasteiger charge is -2.11. The molecule has 0 heterocycles. The zero-order valence-electron chi connectivity index (χ0n) is 11.8. The molecule has 2 nitrogen and oxygen atoms in total. The maximum absolute atomic E-state index is 13.1. The lowest BCUT2D eigenvalue weighted by atomic mass is 10.2. The van der Waals surface area contributed by atoms with Crippen LogP contribution >= 0.6 is 15.9 Å². The molecule has 0 aromatic heterocycles. The van der Waals surface area contributed by atoms with Crippen molar-refractivity contribution >= 4 is 15.9 Å². The van der Waals surface area contributed by atoms with Gasteiger partial charge in [-0.1, -0.05) is 19.9 Å². The Kier molecular flexibility index (Phi) is 5.31. The van der Waals surface area contributed by atoms with E-state index in [2.05, 4.69) is 35.1 Å². The van der Waals surface area contributed by atoms with E-state index in [9.17, 15) is 8.78 Å². The third-order valence-corrected chi connectivity index (χ3v) is 3.39. The number of halogens is 3. The van der Waals surface area contributed by atoms with Crippen LogP contribution in [0.5, 0.6) is 11.5 Å². The van der Waals surface area contributed by atoms with Crippen LogP contribution < -0.4 is 10.1 Å². The Labute approximate surface area is 131 Å². The average molecular weight is 356 g/mol. The summed E-state index contributed by atoms with van der Waals surface area (Å²) in [5, 5.41) is 3.31. The summed E-state index contributed by atoms with van der Waals surface area (Å²) in [6.45, 7) is 4.89. The van der Waals surface area contributed by atoms with E-state index in [1.807, 2.05) is 12.1 Å². The van der Waals surface area contributed by atoms with Crippen molar-refractivity contribution in [1.29, 1.82) is 0 Å². The second-order valence-electron chi connectivity index (χ2n) is 5.01. The van der Waals surface area contributed by atoms with Crippen LogP contribution in [-0.4, -0.2) is 6.04 Å². The Morgan fingerprint density at radius 3 is 2.33 bits per heavy atom. The van der Waals surface area contributed by atoms with Crippen LogP contribution in [-0.2, 0) is 6.54 Å². The minimum absolute atomic E-state index is 0.126. The van der Waals surface area contributed by atoms with Gasteiger partial charge in [0.25, 0.3) is 0 Å². The molecule has 2 aromatic carbocycles. The van der Waals surface area contributed by atoms with E-state index in [1.54, 1.807) is 6.07 Å². The van der Waals surface area contributed by atoms with Gasteiger partial charge < -0.3 is 10.1 Å². The van der Waals surface area contributed by atoms with Crippen molar-refractivity contribution in [2.75, 3.05) is 0 Å². The molecule has 112 valence electrons. The summed E-state index contributed by atoms with van der Waals surface area (Å²) in [6, 6.07) is 9.08. The monoisotopic (exact) mass is 355 g/mol. The molecule has 0 aliphatic heterocycles. The second-order valence-corrected chi connectivity index (χ2v) is 5.86. The molecule has 0 aliphatic rings. The number of hydrogen-bond acceptors (Lipinski definition) is 2. The SMILES string of the molecule is CC(C)NCc1ccc(Oc2cc(F)cc(F)c2)c(Br)c1. The minimum atomic E-state index is -0.668. The van der Waals surface area contributed by atoms with Crippen molar-refractivity contribution in [3.8, 4) is 11.5 Å². The lowest BCUT2D eigenvalue weighted by Crippen LogP contribution is -2.21. The standard InChI is InChI=1S/C16H16BrF2NO/c1-10(2)20-9-11-3-4-16(15(17)5-11)21-14-7-12(18)6-13(19)8-14/h3-8,10,20H,9H2,1-2H3. The fourth-order valence-electron chi connectivity index (χ4n) is 1.77. The maximum atomic E-state index is 13.1. The van der Waals surface area contributed by atoms with Gasteiger partial charge in [0, 0.05) is 30.8 Å². The minimum Gasteiger partial charge on any atom is -0.456 e. The first kappa shape index (κ1) is 15.9. The van der Waals surface area contributed by atoms with Gasteiger partial charge in [-0.3, -0.25) is 0 Å². The summed E-state index contributed by atoms with van der Waals surface area (Å²) in [5.74, 6) is -0.702. The predicted octanol–water partition coefficient (Wildman–Crippen LogP) is 5.02. The van der Waals surface area contributed by atoms with Crippen LogP contribution in [0, 0.1) is 11.6 Å². The molecule has 0 unspecified atom stereocenters. The molecule has 2 rings (SSSR count). The molecule has 0 amide bonds. The Morgan fingerprint density at radius 2 is 1.76 bits per heavy atom. The molecule has 0 atom stereocenters. The molecular weight excluding hydrogens is 340 g/mol. The van der Waals surface area contributed by atoms with Crippen LogP contribution in [0.2, 0.25) is 0 Å². The van der Waals surface area contributed by atoms with E-state index in [4.69, 9.17) is 4.74 Å². The molecular formula is C16H16BrF2NO. The fourth-order valence-corrected chi connectivity index (χ4v) is 2.28. The Balaban J connectivity index is 2.13. The zero-order valence-corrected chi connectivity index (χ0v) is 13.4. The van der Waals surface area contributed by atoms with Crippen LogP contribution in [0.3, 0.4) is 0 Å². The summed E-state index contributed by atoms with van der Waals surface area (Å²) in [6.07, 6.45) is 0. The highest BCUT2D eigenvalue weighted by Gasteiger charge is 2.07. The van der Waals surface area contributed by atoms with Crippen molar-refractivity contribution in [3.63, 3.8) is 0 Å². The van der Waals surface area contributed by atoms with Gasteiger partial charge in [0.2, 0.25) is 0 Å². The summed E-state index contributed by atoms with van der Waals surface area (Å²) < 4.78 is 32.5. The molecule has 0 spiro atoms. The molecule has 21 heavy (non-hydrogen) atoms. The summed E-state index contributed by atoms with van der Waals surface area (Å²) in [7, 11) is 0. The van der Waals surface area contributed by atoms with Gasteiger partial charge in [0.15, 0.2) is 0 Å². The van der Waals surface area contributed by atoms with Crippen LogP contribution in [0.4, 0.5) is 8.78 Å². The summed E-state index contributed by atoms with van der Waals surface area (Å²) in [4.78, 5) is 0. The highest BCUT2D eigenvalue weighted by Crippen LogP contribution is 2.31. The van der Waals surface area contributed by atoms with E-state index in [1.165, 1.54) is 0 Å². The van der Waals surface area contributed by atoms with E-state index in [0.717, 1.165) is 34.8 Å². The van der Waals surface area contributed by atoms with Gasteiger partial charge in [-0.15, -0.1) is 0 Å². The van der Waals surface area contributed by atoms with Crippen molar-refractivity contribution < 1.29 is 13.5 Å². The van der Waals surface area contributed by atoms with Gasteiger partial charge in [-0.2, -0.15) is 0 Å². The van der Waals surface area contributed by atoms with Crippen molar-refractivity contribution in [2.24, 2.45) is 0 Å². The zero-order chi connectivity index (χ0) is 15.4. The second kappa shape index (κ2) is 7.00. The van der Waals surface area contributed by atoms with Crippen LogP contribution in [0.1, 0.15) is 19.4 Å². The van der Waals surface area contributed by atoms with Crippen molar-refractivity contribution in [3.05, 3.63) is 58.1 Å². The topological polar surface area (TPSA) is 21.3 Å². The summed E-state index contributed by atoms with van der Waals surface area (Å²) >= 11 is 3.41. The van der Waals surface area contributed by atoms with E-state index in [0.29, 0.717) is 11.8 Å². The Hall–Kier alpha value is -1.46. The van der Waals surface area contributed by atoms with Gasteiger partial charge in [-0.25, -0.2) is 8.78 Å². The number of benzene rings is 2. The first-order chi connectivity index (χ1) is 9.94. The highest BCUT2D eigenvalue weighted by atomic mass is 79.9. The van der Waals surface area contributed by atoms with Gasteiger partial charge in [-0.05, 0) is 33.6 Å². The Morgan fingerprint density at radius 1 is 1.10 bits per heavy atom. The third-order valence-electron chi connectivity index (χ3n) is 2.77. The van der Waals surface area contributed by atoms with Crippen molar-refractivity contribution in [2.45, 2.75) is 26.4 Å². The number of hydrogen-bond donors (Lipinski definition) is 1. The average Bonchev–Trinajstić information content (AvgIpc) is 2.38. The molecule has 0 aliphatic carbocycles. The fraction of sp³-hybridized carbons (Fsp3) is 0.250. The van der Waals surface area contributed by atoms with Crippen LogP contribution in [0.25, 0.3) is 0 Å². The molecule has 0 saturated heterocycles. The summed E-state index contributed by atoms with van der Waals surface area (Å²) in [5.41, 5.74) is 1.09. The van der Waals surface area contributed by atoms with E-state index >= 15 is 0 Å². The number of nitrogens with one attached hydrogen (secondary N) is 1. The Bertz CT molecular complexity index is 611. The number of ether oxygens (including phenoxy) is 1. The predicted molar refractivity (Wildman–Crippen MR) is 82.5 cm³/mol. The number of rotatable bonds is 5. The van der Waals surface area contributed by atoms with E-state index in [-0.39, 0.29) is 5.75 Å². The van der Waals surface area contributed by atoms with Gasteiger partial charge in [0.1, 0.15) is 23.1 Å². The van der Waals surface area contributed by atoms with Gasteiger partial charge in [0.05, 0.1) is 4.47 Å². The molecule has 5 heteroatoms. The molecule has 0 radical (unpaired) electrons. The van der Waals surface area contributed by atoms with Gasteiger partial charge >= 0.3 is 0 Å². The first-order valence-electron chi connectivity index (χ1n) is 6.60. The van der Waals surface area contributed by atoms with Crippen LogP contribution in [0.15, 0.2) is 40.9 Å². The lowest BCUT2D eigenvalue weighted by molar-refractivity contribution is 0.465. The quantitative estimate of drug-likeness (QED) is 0.813. The van der Waals surface area contributed by atoms with E-state index < -0.39 is 11.6 Å². The highest BCUT2D eigenvalue weighted by molar-refractivity contribution is 9.10. The third kappa shape index (κ3) is 4.79. The smallest absolute Gasteiger partial charge is 0.141 e. The molecule has 0 saturated carbocycles. The first-order valence-corrected chi connectivity index (χ1v) is 7.39. The molecule has 1 N–H and O–H groups in total. The molecule has 0 fully saturated rings. The van der Waals surface area contributed by atoms with Crippen molar-refractivity contribution in [1.82, 2.24) is 5.32 Å². The molecule has 2 aromatic rings. The molecule has 0 bridgehead atoms. The normalized spacial score (nSPS) is 11.0. The largest absolute Gasteiger partial charge is 0.456 e.